The van der Waals surface area contributed by atoms with Gasteiger partial charge in [0.2, 0.25) is 0 Å². The van der Waals surface area contributed by atoms with E-state index in [0.717, 1.165) is 18.2 Å². The average Bonchev–Trinajstić information content (AvgIpc) is 2.18. The maximum absolute atomic E-state index is 13.0. The molecule has 0 heterocycles. The summed E-state index contributed by atoms with van der Waals surface area (Å²) in [6, 6.07) is 6.41. The van der Waals surface area contributed by atoms with Gasteiger partial charge in [0.15, 0.2) is 0 Å². The Kier molecular flexibility index (Phi) is 2.86. The summed E-state index contributed by atoms with van der Waals surface area (Å²) in [6.07, 6.45) is 3.87. The highest BCUT2D eigenvalue weighted by atomic mass is 19.1. The summed E-state index contributed by atoms with van der Waals surface area (Å²) in [6.45, 7) is 0.927. The molecular weight excluding hydrogens is 191 g/mol. The van der Waals surface area contributed by atoms with Crippen LogP contribution in [0.3, 0.4) is 0 Å². The number of rotatable bonds is 3. The third kappa shape index (κ3) is 2.27. The molecule has 1 aliphatic rings. The van der Waals surface area contributed by atoms with Gasteiger partial charge in [0.05, 0.1) is 5.56 Å². The second-order valence-electron chi connectivity index (χ2n) is 3.98. The first-order valence-electron chi connectivity index (χ1n) is 5.23. The first-order valence-corrected chi connectivity index (χ1v) is 5.23. The molecule has 2 nitrogen and oxygen atoms in total. The van der Waals surface area contributed by atoms with Gasteiger partial charge in [-0.05, 0) is 37.0 Å². The van der Waals surface area contributed by atoms with E-state index in [-0.39, 0.29) is 5.56 Å². The molecular formula is C12H13FN2. The maximum atomic E-state index is 13.0. The van der Waals surface area contributed by atoms with Crippen molar-refractivity contribution in [2.45, 2.75) is 19.3 Å². The molecule has 0 aromatic heterocycles. The van der Waals surface area contributed by atoms with E-state index in [1.165, 1.54) is 25.3 Å². The summed E-state index contributed by atoms with van der Waals surface area (Å²) < 4.78 is 13.0. The van der Waals surface area contributed by atoms with E-state index in [2.05, 4.69) is 5.32 Å². The highest BCUT2D eigenvalue weighted by Crippen LogP contribution is 2.26. The van der Waals surface area contributed by atoms with Crippen LogP contribution in [0.15, 0.2) is 18.2 Å². The lowest BCUT2D eigenvalue weighted by Crippen LogP contribution is -2.20. The largest absolute Gasteiger partial charge is 0.385 e. The van der Waals surface area contributed by atoms with E-state index in [9.17, 15) is 4.39 Å². The molecule has 0 spiro atoms. The summed E-state index contributed by atoms with van der Waals surface area (Å²) in [5.74, 6) is 0.298. The summed E-state index contributed by atoms with van der Waals surface area (Å²) in [5.41, 5.74) is 0.938. The second-order valence-corrected chi connectivity index (χ2v) is 3.98. The quantitative estimate of drug-likeness (QED) is 0.821. The molecule has 1 saturated carbocycles. The third-order valence-electron chi connectivity index (χ3n) is 2.91. The van der Waals surface area contributed by atoms with Crippen LogP contribution in [-0.4, -0.2) is 6.54 Å². The molecule has 0 amide bonds. The molecule has 0 saturated heterocycles. The van der Waals surface area contributed by atoms with Gasteiger partial charge in [-0.15, -0.1) is 0 Å². The van der Waals surface area contributed by atoms with E-state index in [1.54, 1.807) is 12.1 Å². The Morgan fingerprint density at radius 3 is 2.87 bits per heavy atom. The highest BCUT2D eigenvalue weighted by molar-refractivity contribution is 5.49. The van der Waals surface area contributed by atoms with Gasteiger partial charge in [0.25, 0.3) is 0 Å². The van der Waals surface area contributed by atoms with Crippen LogP contribution in [0.25, 0.3) is 0 Å². The minimum atomic E-state index is -0.452. The predicted octanol–water partition coefficient (Wildman–Crippen LogP) is 2.91. The molecule has 1 aliphatic carbocycles. The fourth-order valence-electron chi connectivity index (χ4n) is 1.68. The maximum Gasteiger partial charge on any atom is 0.141 e. The van der Waals surface area contributed by atoms with Gasteiger partial charge in [-0.25, -0.2) is 4.39 Å². The van der Waals surface area contributed by atoms with E-state index in [4.69, 9.17) is 5.26 Å². The van der Waals surface area contributed by atoms with Crippen LogP contribution >= 0.6 is 0 Å². The van der Waals surface area contributed by atoms with Crippen LogP contribution in [0.2, 0.25) is 0 Å². The predicted molar refractivity (Wildman–Crippen MR) is 56.9 cm³/mol. The van der Waals surface area contributed by atoms with Crippen molar-refractivity contribution in [3.05, 3.63) is 29.6 Å². The van der Waals surface area contributed by atoms with Crippen LogP contribution in [0.4, 0.5) is 10.1 Å². The fourth-order valence-corrected chi connectivity index (χ4v) is 1.68. The third-order valence-corrected chi connectivity index (χ3v) is 2.91. The smallest absolute Gasteiger partial charge is 0.141 e. The van der Waals surface area contributed by atoms with Gasteiger partial charge in [-0.3, -0.25) is 0 Å². The van der Waals surface area contributed by atoms with Crippen LogP contribution in [-0.2, 0) is 0 Å². The Balaban J connectivity index is 1.99. The van der Waals surface area contributed by atoms with Crippen LogP contribution in [0.5, 0.6) is 0 Å². The van der Waals surface area contributed by atoms with Crippen LogP contribution in [0.1, 0.15) is 24.8 Å². The Morgan fingerprint density at radius 2 is 2.27 bits per heavy atom. The number of nitriles is 1. The number of nitrogens with one attached hydrogen (secondary N) is 1. The SMILES string of the molecule is N#Cc1cc(NCC2CCC2)ccc1F. The minimum absolute atomic E-state index is 0.105. The summed E-state index contributed by atoms with van der Waals surface area (Å²) in [7, 11) is 0. The van der Waals surface area contributed by atoms with E-state index in [0.29, 0.717) is 0 Å². The van der Waals surface area contributed by atoms with Crippen LogP contribution in [0, 0.1) is 23.1 Å². The lowest BCUT2D eigenvalue weighted by atomic mass is 9.85. The average molecular weight is 204 g/mol. The molecule has 1 N–H and O–H groups in total. The molecule has 0 atom stereocenters. The molecule has 0 radical (unpaired) electrons. The molecule has 1 fully saturated rings. The zero-order chi connectivity index (χ0) is 10.7. The number of anilines is 1. The lowest BCUT2D eigenvalue weighted by Gasteiger charge is -2.25. The van der Waals surface area contributed by atoms with Crippen molar-refractivity contribution in [3.63, 3.8) is 0 Å². The van der Waals surface area contributed by atoms with E-state index >= 15 is 0 Å². The molecule has 78 valence electrons. The molecule has 1 aromatic rings. The second kappa shape index (κ2) is 4.31. The molecule has 1 aromatic carbocycles. The van der Waals surface area contributed by atoms with Gasteiger partial charge in [-0.2, -0.15) is 5.26 Å². The Bertz CT molecular complexity index is 391. The first kappa shape index (κ1) is 9.97. The van der Waals surface area contributed by atoms with Gasteiger partial charge in [0.1, 0.15) is 11.9 Å². The molecule has 2 rings (SSSR count). The summed E-state index contributed by atoms with van der Waals surface area (Å²) >= 11 is 0. The number of hydrogen-bond acceptors (Lipinski definition) is 2. The van der Waals surface area contributed by atoms with Gasteiger partial charge < -0.3 is 5.32 Å². The molecule has 15 heavy (non-hydrogen) atoms. The monoisotopic (exact) mass is 204 g/mol. The van der Waals surface area contributed by atoms with Crippen molar-refractivity contribution in [2.75, 3.05) is 11.9 Å². The van der Waals surface area contributed by atoms with Crippen molar-refractivity contribution < 1.29 is 4.39 Å². The molecule has 0 unspecified atom stereocenters. The Labute approximate surface area is 88.7 Å². The summed E-state index contributed by atoms with van der Waals surface area (Å²) in [4.78, 5) is 0. The van der Waals surface area contributed by atoms with Crippen molar-refractivity contribution in [2.24, 2.45) is 5.92 Å². The highest BCUT2D eigenvalue weighted by Gasteiger charge is 2.16. The zero-order valence-corrected chi connectivity index (χ0v) is 8.46. The Morgan fingerprint density at radius 1 is 1.47 bits per heavy atom. The van der Waals surface area contributed by atoms with Crippen LogP contribution < -0.4 is 5.32 Å². The van der Waals surface area contributed by atoms with Gasteiger partial charge in [0, 0.05) is 12.2 Å². The van der Waals surface area contributed by atoms with Crippen molar-refractivity contribution >= 4 is 5.69 Å². The van der Waals surface area contributed by atoms with E-state index in [1.807, 2.05) is 6.07 Å². The topological polar surface area (TPSA) is 35.8 Å². The summed E-state index contributed by atoms with van der Waals surface area (Å²) in [5, 5.41) is 11.9. The van der Waals surface area contributed by atoms with Gasteiger partial charge >= 0.3 is 0 Å². The number of halogens is 1. The van der Waals surface area contributed by atoms with E-state index < -0.39 is 5.82 Å². The van der Waals surface area contributed by atoms with Crippen molar-refractivity contribution in [1.82, 2.24) is 0 Å². The Hall–Kier alpha value is -1.56. The fraction of sp³-hybridized carbons (Fsp3) is 0.417. The van der Waals surface area contributed by atoms with Crippen molar-refractivity contribution in [3.8, 4) is 6.07 Å². The van der Waals surface area contributed by atoms with Crippen molar-refractivity contribution in [1.29, 1.82) is 5.26 Å². The zero-order valence-electron chi connectivity index (χ0n) is 8.46. The first-order chi connectivity index (χ1) is 7.29. The number of benzene rings is 1. The molecule has 3 heteroatoms. The minimum Gasteiger partial charge on any atom is -0.385 e. The lowest BCUT2D eigenvalue weighted by molar-refractivity contribution is 0.333. The number of nitrogens with zero attached hydrogens (tertiary/aromatic N) is 1. The standard InChI is InChI=1S/C12H13FN2/c13-12-5-4-11(6-10(12)7-14)15-8-9-2-1-3-9/h4-6,9,15H,1-3,8H2. The molecule has 0 aliphatic heterocycles. The normalized spacial score (nSPS) is 15.5. The number of hydrogen-bond donors (Lipinski definition) is 1. The van der Waals surface area contributed by atoms with Gasteiger partial charge in [-0.1, -0.05) is 6.42 Å². The molecule has 0 bridgehead atoms.